The lowest BCUT2D eigenvalue weighted by atomic mass is 9.94. The Hall–Kier alpha value is -0.280. The first-order valence-corrected chi connectivity index (χ1v) is 10.2. The van der Waals surface area contributed by atoms with E-state index in [2.05, 4.69) is 6.92 Å². The van der Waals surface area contributed by atoms with Gasteiger partial charge in [0.05, 0.1) is 6.61 Å². The van der Waals surface area contributed by atoms with Crippen molar-refractivity contribution in [2.75, 3.05) is 6.61 Å². The molecule has 4 rings (SSSR count). The zero-order valence-corrected chi connectivity index (χ0v) is 15.8. The van der Waals surface area contributed by atoms with Crippen LogP contribution in [0.25, 0.3) is 0 Å². The van der Waals surface area contributed by atoms with Crippen LogP contribution >= 0.6 is 0 Å². The van der Waals surface area contributed by atoms with Crippen LogP contribution in [0.4, 0.5) is 0 Å². The minimum atomic E-state index is -1.31. The van der Waals surface area contributed by atoms with Gasteiger partial charge >= 0.3 is 0 Å². The van der Waals surface area contributed by atoms with Crippen molar-refractivity contribution in [3.8, 4) is 0 Å². The molecule has 26 heavy (non-hydrogen) atoms. The first kappa shape index (κ1) is 19.1. The van der Waals surface area contributed by atoms with E-state index in [1.54, 1.807) is 0 Å². The normalized spacial score (nSPS) is 48.0. The summed E-state index contributed by atoms with van der Waals surface area (Å²) in [5.41, 5.74) is 0. The fourth-order valence-corrected chi connectivity index (χ4v) is 4.89. The number of aliphatic hydroxyl groups excluding tert-OH is 2. The van der Waals surface area contributed by atoms with E-state index in [1.807, 2.05) is 6.92 Å². The summed E-state index contributed by atoms with van der Waals surface area (Å²) in [5.74, 6) is -1.26. The average molecular weight is 372 g/mol. The molecule has 4 aliphatic rings. The van der Waals surface area contributed by atoms with Crippen molar-refractivity contribution in [3.63, 3.8) is 0 Å². The molecule has 3 heterocycles. The van der Waals surface area contributed by atoms with E-state index in [0.717, 1.165) is 38.5 Å². The van der Waals surface area contributed by atoms with Crippen molar-refractivity contribution in [1.82, 2.24) is 0 Å². The molecule has 150 valence electrons. The van der Waals surface area contributed by atoms with Crippen molar-refractivity contribution in [2.45, 2.75) is 114 Å². The second-order valence-electron chi connectivity index (χ2n) is 8.10. The molecular weight excluding hydrogens is 340 g/mol. The van der Waals surface area contributed by atoms with E-state index in [1.165, 1.54) is 6.42 Å². The SMILES string of the molecule is CCCC1(CC)OC2[C@H](C3COC4(CCCCC4)O3)O[C@@H](O)[C@H](O)[C@@H]2O1. The minimum absolute atomic E-state index is 0.333. The molecule has 7 atom stereocenters. The van der Waals surface area contributed by atoms with E-state index >= 15 is 0 Å². The molecule has 0 aromatic carbocycles. The Morgan fingerprint density at radius 3 is 2.35 bits per heavy atom. The van der Waals surface area contributed by atoms with Crippen LogP contribution in [0.3, 0.4) is 0 Å². The number of aliphatic hydroxyl groups is 2. The lowest BCUT2D eigenvalue weighted by molar-refractivity contribution is -0.284. The third kappa shape index (κ3) is 3.21. The molecular formula is C19H32O7. The van der Waals surface area contributed by atoms with Crippen LogP contribution in [0.2, 0.25) is 0 Å². The Bertz CT molecular complexity index is 494. The largest absolute Gasteiger partial charge is 0.385 e. The number of rotatable bonds is 4. The van der Waals surface area contributed by atoms with Gasteiger partial charge in [0.1, 0.15) is 30.5 Å². The molecule has 3 aliphatic heterocycles. The molecule has 7 nitrogen and oxygen atoms in total. The Labute approximate surface area is 154 Å². The predicted molar refractivity (Wildman–Crippen MR) is 91.2 cm³/mol. The molecule has 2 N–H and O–H groups in total. The molecule has 3 unspecified atom stereocenters. The molecule has 1 aliphatic carbocycles. The summed E-state index contributed by atoms with van der Waals surface area (Å²) in [6, 6.07) is 0. The number of hydrogen-bond acceptors (Lipinski definition) is 7. The Balaban J connectivity index is 1.52. The van der Waals surface area contributed by atoms with Crippen LogP contribution in [-0.2, 0) is 23.7 Å². The lowest BCUT2D eigenvalue weighted by Gasteiger charge is -2.40. The van der Waals surface area contributed by atoms with Gasteiger partial charge in [-0.15, -0.1) is 0 Å². The molecule has 1 spiro atoms. The van der Waals surface area contributed by atoms with E-state index < -0.39 is 42.3 Å². The van der Waals surface area contributed by atoms with Gasteiger partial charge in [0.25, 0.3) is 0 Å². The zero-order valence-electron chi connectivity index (χ0n) is 15.8. The highest BCUT2D eigenvalue weighted by molar-refractivity contribution is 5.01. The van der Waals surface area contributed by atoms with E-state index in [-0.39, 0.29) is 6.10 Å². The molecule has 4 fully saturated rings. The highest BCUT2D eigenvalue weighted by atomic mass is 16.8. The van der Waals surface area contributed by atoms with Crippen molar-refractivity contribution in [2.24, 2.45) is 0 Å². The van der Waals surface area contributed by atoms with E-state index in [9.17, 15) is 10.2 Å². The van der Waals surface area contributed by atoms with Gasteiger partial charge in [0, 0.05) is 19.3 Å². The second-order valence-corrected chi connectivity index (χ2v) is 8.10. The van der Waals surface area contributed by atoms with Crippen molar-refractivity contribution < 1.29 is 33.9 Å². The van der Waals surface area contributed by atoms with Gasteiger partial charge in [-0.2, -0.15) is 0 Å². The van der Waals surface area contributed by atoms with Crippen LogP contribution in [0.1, 0.15) is 65.2 Å². The van der Waals surface area contributed by atoms with Gasteiger partial charge in [-0.1, -0.05) is 26.7 Å². The van der Waals surface area contributed by atoms with Crippen molar-refractivity contribution >= 4 is 0 Å². The fourth-order valence-electron chi connectivity index (χ4n) is 4.89. The highest BCUT2D eigenvalue weighted by Gasteiger charge is 2.60. The molecule has 0 aromatic heterocycles. The first-order valence-electron chi connectivity index (χ1n) is 10.2. The highest BCUT2D eigenvalue weighted by Crippen LogP contribution is 2.45. The zero-order chi connectivity index (χ0) is 18.4. The van der Waals surface area contributed by atoms with Crippen LogP contribution in [0.15, 0.2) is 0 Å². The Morgan fingerprint density at radius 2 is 1.65 bits per heavy atom. The predicted octanol–water partition coefficient (Wildman–Crippen LogP) is 1.83. The Morgan fingerprint density at radius 1 is 0.923 bits per heavy atom. The third-order valence-electron chi connectivity index (χ3n) is 6.30. The summed E-state index contributed by atoms with van der Waals surface area (Å²) in [4.78, 5) is 0. The number of ether oxygens (including phenoxy) is 5. The Kier molecular flexibility index (Phi) is 5.33. The molecule has 1 saturated carbocycles. The average Bonchev–Trinajstić information content (AvgIpc) is 3.22. The minimum Gasteiger partial charge on any atom is -0.385 e. The monoisotopic (exact) mass is 372 g/mol. The van der Waals surface area contributed by atoms with Crippen LogP contribution in [0, 0.1) is 0 Å². The maximum Gasteiger partial charge on any atom is 0.184 e. The van der Waals surface area contributed by atoms with Gasteiger partial charge in [0.2, 0.25) is 0 Å². The number of fused-ring (bicyclic) bond motifs is 1. The van der Waals surface area contributed by atoms with Crippen molar-refractivity contribution in [3.05, 3.63) is 0 Å². The third-order valence-corrected chi connectivity index (χ3v) is 6.30. The van der Waals surface area contributed by atoms with Crippen molar-refractivity contribution in [1.29, 1.82) is 0 Å². The molecule has 0 radical (unpaired) electrons. The first-order chi connectivity index (χ1) is 12.5. The molecule has 0 amide bonds. The second kappa shape index (κ2) is 7.28. The van der Waals surface area contributed by atoms with Gasteiger partial charge < -0.3 is 33.9 Å². The molecule has 0 bridgehead atoms. The quantitative estimate of drug-likeness (QED) is 0.778. The molecule has 7 heteroatoms. The summed E-state index contributed by atoms with van der Waals surface area (Å²) in [6.07, 6.45) is 3.10. The van der Waals surface area contributed by atoms with Gasteiger partial charge in [-0.3, -0.25) is 0 Å². The topological polar surface area (TPSA) is 86.6 Å². The summed E-state index contributed by atoms with van der Waals surface area (Å²) in [7, 11) is 0. The standard InChI is InChI=1S/C19H32O7/c1-3-8-18(4-2)25-15-13(20)17(21)23-14(16(15)26-18)12-11-22-19(24-12)9-6-5-7-10-19/h12-17,20-21H,3-11H2,1-2H3/t12?,13-,14+,15+,16?,17-,18?/m1/s1. The van der Waals surface area contributed by atoms with Gasteiger partial charge in [0.15, 0.2) is 17.9 Å². The van der Waals surface area contributed by atoms with Gasteiger partial charge in [-0.05, 0) is 19.3 Å². The maximum absolute atomic E-state index is 10.4. The summed E-state index contributed by atoms with van der Waals surface area (Å²) in [6.45, 7) is 4.50. The van der Waals surface area contributed by atoms with E-state index in [0.29, 0.717) is 13.0 Å². The molecule has 3 saturated heterocycles. The smallest absolute Gasteiger partial charge is 0.184 e. The maximum atomic E-state index is 10.4. The lowest BCUT2D eigenvalue weighted by Crippen LogP contribution is -2.60. The van der Waals surface area contributed by atoms with Crippen LogP contribution < -0.4 is 0 Å². The summed E-state index contributed by atoms with van der Waals surface area (Å²) < 4.78 is 30.5. The van der Waals surface area contributed by atoms with Gasteiger partial charge in [-0.25, -0.2) is 0 Å². The van der Waals surface area contributed by atoms with E-state index in [4.69, 9.17) is 23.7 Å². The molecule has 0 aromatic rings. The summed E-state index contributed by atoms with van der Waals surface area (Å²) in [5, 5.41) is 20.6. The fraction of sp³-hybridized carbons (Fsp3) is 1.00. The summed E-state index contributed by atoms with van der Waals surface area (Å²) >= 11 is 0. The van der Waals surface area contributed by atoms with Crippen LogP contribution in [-0.4, -0.2) is 65.2 Å². The van der Waals surface area contributed by atoms with Crippen LogP contribution in [0.5, 0.6) is 0 Å². The number of hydrogen-bond donors (Lipinski definition) is 2.